The molecule has 1 aliphatic heterocycles. The molecule has 0 unspecified atom stereocenters. The molecule has 0 bridgehead atoms. The molecule has 2 aliphatic rings. The van der Waals surface area contributed by atoms with Crippen LogP contribution in [0.4, 0.5) is 4.79 Å². The molecule has 0 aromatic heterocycles. The molecule has 0 spiro atoms. The Labute approximate surface area is 180 Å². The number of thioether (sulfide) groups is 1. The lowest BCUT2D eigenvalue weighted by atomic mass is 9.91. The molecule has 1 saturated heterocycles. The molecule has 8 heteroatoms. The number of carbonyl (C=O) groups excluding carboxylic acids is 1. The molecule has 1 heterocycles. The first kappa shape index (κ1) is 24.1. The summed E-state index contributed by atoms with van der Waals surface area (Å²) in [6, 6.07) is 0.564. The average Bonchev–Trinajstić information content (AvgIpc) is 2.67. The van der Waals surface area contributed by atoms with Crippen LogP contribution in [0.5, 0.6) is 0 Å². The van der Waals surface area contributed by atoms with Gasteiger partial charge in [0.25, 0.3) is 0 Å². The van der Waals surface area contributed by atoms with E-state index in [-0.39, 0.29) is 16.9 Å². The van der Waals surface area contributed by atoms with Crippen LogP contribution < -0.4 is 16.0 Å². The third-order valence-electron chi connectivity index (χ3n) is 5.50. The molecule has 2 fully saturated rings. The fraction of sp³-hybridized carbons (Fsp3) is 0.905. The molecule has 7 nitrogen and oxygen atoms in total. The van der Waals surface area contributed by atoms with Crippen LogP contribution in [0, 0.1) is 0 Å². The van der Waals surface area contributed by atoms with Crippen molar-refractivity contribution >= 4 is 23.8 Å². The number of alkyl carbamates (subject to hydrolysis) is 1. The summed E-state index contributed by atoms with van der Waals surface area (Å²) >= 11 is 1.91. The Kier molecular flexibility index (Phi) is 9.40. The van der Waals surface area contributed by atoms with E-state index in [1.54, 1.807) is 0 Å². The molecule has 0 atom stereocenters. The molecular formula is C21H40N4O3S. The van der Waals surface area contributed by atoms with Crippen LogP contribution in [0.3, 0.4) is 0 Å². The maximum absolute atomic E-state index is 12.0. The quantitative estimate of drug-likeness (QED) is 0.445. The van der Waals surface area contributed by atoms with Crippen molar-refractivity contribution in [3.05, 3.63) is 0 Å². The van der Waals surface area contributed by atoms with Gasteiger partial charge in [0.2, 0.25) is 0 Å². The van der Waals surface area contributed by atoms with Crippen LogP contribution in [-0.4, -0.2) is 67.0 Å². The van der Waals surface area contributed by atoms with Gasteiger partial charge >= 0.3 is 6.09 Å². The highest BCUT2D eigenvalue weighted by molar-refractivity contribution is 8.00. The molecule has 1 aliphatic carbocycles. The molecule has 168 valence electrons. The zero-order chi connectivity index (χ0) is 21.3. The van der Waals surface area contributed by atoms with E-state index < -0.39 is 5.60 Å². The second kappa shape index (κ2) is 11.3. The number of amides is 1. The summed E-state index contributed by atoms with van der Waals surface area (Å²) < 4.78 is 11.1. The van der Waals surface area contributed by atoms with Gasteiger partial charge in [-0.1, -0.05) is 0 Å². The minimum atomic E-state index is -0.460. The van der Waals surface area contributed by atoms with E-state index in [9.17, 15) is 4.79 Å². The number of nitrogens with one attached hydrogen (secondary N) is 3. The molecule has 1 saturated carbocycles. The normalized spacial score (nSPS) is 25.2. The highest BCUT2D eigenvalue weighted by Crippen LogP contribution is 2.34. The van der Waals surface area contributed by atoms with Crippen molar-refractivity contribution < 1.29 is 14.3 Å². The van der Waals surface area contributed by atoms with E-state index in [1.165, 1.54) is 0 Å². The summed E-state index contributed by atoms with van der Waals surface area (Å²) in [4.78, 5) is 16.9. The second-order valence-corrected chi connectivity index (χ2v) is 10.3. The number of carbonyl (C=O) groups is 1. The summed E-state index contributed by atoms with van der Waals surface area (Å²) in [5, 5.41) is 10.00. The molecule has 29 heavy (non-hydrogen) atoms. The lowest BCUT2D eigenvalue weighted by Gasteiger charge is -2.35. The van der Waals surface area contributed by atoms with Crippen LogP contribution in [0.1, 0.15) is 66.2 Å². The second-order valence-electron chi connectivity index (χ2n) is 9.03. The Morgan fingerprint density at radius 2 is 1.72 bits per heavy atom. The van der Waals surface area contributed by atoms with Crippen molar-refractivity contribution in [3.63, 3.8) is 0 Å². The topological polar surface area (TPSA) is 84.0 Å². The maximum atomic E-state index is 12.0. The Hall–Kier alpha value is -1.15. The average molecular weight is 429 g/mol. The van der Waals surface area contributed by atoms with E-state index in [0.717, 1.165) is 70.8 Å². The van der Waals surface area contributed by atoms with E-state index in [2.05, 4.69) is 29.1 Å². The maximum Gasteiger partial charge on any atom is 0.407 e. The number of hydrogen-bond acceptors (Lipinski definition) is 5. The fourth-order valence-electron chi connectivity index (χ4n) is 3.76. The van der Waals surface area contributed by atoms with Crippen molar-refractivity contribution in [3.8, 4) is 0 Å². The van der Waals surface area contributed by atoms with E-state index >= 15 is 0 Å². The highest BCUT2D eigenvalue weighted by atomic mass is 32.2. The Morgan fingerprint density at radius 3 is 2.24 bits per heavy atom. The molecule has 0 radical (unpaired) electrons. The zero-order valence-corrected chi connectivity index (χ0v) is 19.6. The van der Waals surface area contributed by atoms with E-state index in [1.807, 2.05) is 32.5 Å². The third kappa shape index (κ3) is 8.62. The summed E-state index contributed by atoms with van der Waals surface area (Å²) in [5.41, 5.74) is -0.460. The van der Waals surface area contributed by atoms with Crippen LogP contribution in [-0.2, 0) is 9.47 Å². The molecular weight excluding hydrogens is 388 g/mol. The fourth-order valence-corrected chi connectivity index (χ4v) is 4.53. The monoisotopic (exact) mass is 428 g/mol. The highest BCUT2D eigenvalue weighted by Gasteiger charge is 2.32. The standard InChI is InChI=1S/C21H40N4O3S/c1-6-22-18(23-15-21(29-5)11-13-27-14-12-21)24-16-7-9-17(10-8-16)25-19(26)28-20(2,3)4/h16-17H,6-15H2,1-5H3,(H,25,26)(H2,22,23,24). The minimum absolute atomic E-state index is 0.185. The number of hydrogen-bond donors (Lipinski definition) is 3. The van der Waals surface area contributed by atoms with Gasteiger partial charge in [0, 0.05) is 36.6 Å². The predicted octanol–water partition coefficient (Wildman–Crippen LogP) is 3.29. The van der Waals surface area contributed by atoms with Gasteiger partial charge < -0.3 is 25.4 Å². The third-order valence-corrected chi connectivity index (χ3v) is 6.90. The summed E-state index contributed by atoms with van der Waals surface area (Å²) in [7, 11) is 0. The SMILES string of the molecule is CCNC(=NCC1(SC)CCOCC1)NC1CCC(NC(=O)OC(C)(C)C)CC1. The lowest BCUT2D eigenvalue weighted by Crippen LogP contribution is -2.48. The molecule has 1 amide bonds. The smallest absolute Gasteiger partial charge is 0.407 e. The summed E-state index contributed by atoms with van der Waals surface area (Å²) in [6.07, 6.45) is 7.88. The van der Waals surface area contributed by atoms with Crippen molar-refractivity contribution in [2.75, 3.05) is 32.6 Å². The van der Waals surface area contributed by atoms with Gasteiger partial charge in [-0.15, -0.1) is 0 Å². The Balaban J connectivity index is 1.81. The zero-order valence-electron chi connectivity index (χ0n) is 18.8. The molecule has 3 N–H and O–H groups in total. The Morgan fingerprint density at radius 1 is 1.14 bits per heavy atom. The largest absolute Gasteiger partial charge is 0.444 e. The van der Waals surface area contributed by atoms with E-state index in [0.29, 0.717) is 6.04 Å². The summed E-state index contributed by atoms with van der Waals surface area (Å²) in [6.45, 7) is 11.1. The van der Waals surface area contributed by atoms with Gasteiger partial charge in [0.05, 0.1) is 6.54 Å². The summed E-state index contributed by atoms with van der Waals surface area (Å²) in [5.74, 6) is 0.899. The van der Waals surface area contributed by atoms with E-state index in [4.69, 9.17) is 14.5 Å². The number of aliphatic imine (C=N–C) groups is 1. The van der Waals surface area contributed by atoms with Gasteiger partial charge in [-0.05, 0) is 72.5 Å². The lowest BCUT2D eigenvalue weighted by molar-refractivity contribution is 0.0490. The van der Waals surface area contributed by atoms with Gasteiger partial charge in [-0.2, -0.15) is 11.8 Å². The first-order valence-corrected chi connectivity index (χ1v) is 12.1. The van der Waals surface area contributed by atoms with Gasteiger partial charge in [-0.25, -0.2) is 4.79 Å². The minimum Gasteiger partial charge on any atom is -0.444 e. The van der Waals surface area contributed by atoms with Gasteiger partial charge in [-0.3, -0.25) is 4.99 Å². The first-order chi connectivity index (χ1) is 13.8. The number of guanidine groups is 1. The number of nitrogens with zero attached hydrogens (tertiary/aromatic N) is 1. The van der Waals surface area contributed by atoms with Crippen LogP contribution in [0.25, 0.3) is 0 Å². The molecule has 0 aromatic carbocycles. The number of rotatable bonds is 6. The van der Waals surface area contributed by atoms with Crippen molar-refractivity contribution in [1.29, 1.82) is 0 Å². The molecule has 2 rings (SSSR count). The van der Waals surface area contributed by atoms with Crippen molar-refractivity contribution in [1.82, 2.24) is 16.0 Å². The van der Waals surface area contributed by atoms with Crippen LogP contribution in [0.15, 0.2) is 4.99 Å². The van der Waals surface area contributed by atoms with Gasteiger partial charge in [0.15, 0.2) is 5.96 Å². The van der Waals surface area contributed by atoms with Crippen molar-refractivity contribution in [2.45, 2.75) is 88.7 Å². The number of ether oxygens (including phenoxy) is 2. The van der Waals surface area contributed by atoms with Crippen LogP contribution >= 0.6 is 11.8 Å². The first-order valence-electron chi connectivity index (χ1n) is 10.9. The van der Waals surface area contributed by atoms with Gasteiger partial charge in [0.1, 0.15) is 5.60 Å². The van der Waals surface area contributed by atoms with Crippen molar-refractivity contribution in [2.24, 2.45) is 4.99 Å². The predicted molar refractivity (Wildman–Crippen MR) is 121 cm³/mol. The Bertz CT molecular complexity index is 537. The van der Waals surface area contributed by atoms with Crippen LogP contribution in [0.2, 0.25) is 0 Å². The molecule has 0 aromatic rings.